The summed E-state index contributed by atoms with van der Waals surface area (Å²) in [7, 11) is 3.38. The molecule has 0 aliphatic rings. The first-order valence-electron chi connectivity index (χ1n) is 3.69. The molecule has 0 heterocycles. The minimum Gasteiger partial charge on any atom is -0.351 e. The smallest absolute Gasteiger partial charge is 0.209 e. The second-order valence-corrected chi connectivity index (χ2v) is 3.07. The summed E-state index contributed by atoms with van der Waals surface area (Å²) in [4.78, 5) is 10.9. The molecule has 11 heavy (non-hydrogen) atoms. The normalized spacial score (nSPS) is 8.18. The molecule has 0 atom stereocenters. The molecule has 0 spiro atoms. The number of allylic oxidation sites excluding steroid dienone is 1. The van der Waals surface area contributed by atoms with Crippen molar-refractivity contribution in [2.75, 3.05) is 14.1 Å². The summed E-state index contributed by atoms with van der Waals surface area (Å²) in [6.07, 6.45) is 0.750. The van der Waals surface area contributed by atoms with Crippen LogP contribution in [0.15, 0.2) is 12.2 Å². The molecule has 0 aliphatic heterocycles. The maximum Gasteiger partial charge on any atom is 0.209 e. The van der Waals surface area contributed by atoms with Crippen LogP contribution < -0.4 is 0 Å². The third-order valence-corrected chi connectivity index (χ3v) is 1.20. The maximum absolute atomic E-state index is 9.43. The van der Waals surface area contributed by atoms with Gasteiger partial charge in [-0.15, -0.1) is 0 Å². The fraction of sp³-hybridized carbons (Fsp3) is 0.667. The van der Waals surface area contributed by atoms with Crippen LogP contribution in [0.4, 0.5) is 0 Å². The molecule has 0 radical (unpaired) electrons. The second kappa shape index (κ2) is 7.32. The van der Waals surface area contributed by atoms with Gasteiger partial charge in [-0.05, 0) is 12.8 Å². The van der Waals surface area contributed by atoms with Crippen LogP contribution >= 0.6 is 0 Å². The van der Waals surface area contributed by atoms with Crippen molar-refractivity contribution >= 4 is 6.41 Å². The summed E-state index contributed by atoms with van der Waals surface area (Å²) < 4.78 is 0. The highest BCUT2D eigenvalue weighted by Gasteiger charge is 1.87. The molecule has 2 heteroatoms. The Labute approximate surface area is 69.9 Å². The molecule has 1 amide bonds. The Morgan fingerprint density at radius 3 is 1.64 bits per heavy atom. The summed E-state index contributed by atoms with van der Waals surface area (Å²) in [6.45, 7) is 10.1. The van der Waals surface area contributed by atoms with Crippen molar-refractivity contribution in [2.45, 2.75) is 20.8 Å². The highest BCUT2D eigenvalue weighted by Crippen LogP contribution is 2.02. The van der Waals surface area contributed by atoms with E-state index in [0.29, 0.717) is 5.92 Å². The fourth-order valence-corrected chi connectivity index (χ4v) is 0. The summed E-state index contributed by atoms with van der Waals surface area (Å²) >= 11 is 0. The van der Waals surface area contributed by atoms with Crippen LogP contribution in [0.25, 0.3) is 0 Å². The van der Waals surface area contributed by atoms with E-state index < -0.39 is 0 Å². The Kier molecular flexibility index (Phi) is 8.55. The quantitative estimate of drug-likeness (QED) is 0.443. The number of hydrogen-bond acceptors (Lipinski definition) is 1. The molecule has 0 aromatic rings. The van der Waals surface area contributed by atoms with Gasteiger partial charge in [0.2, 0.25) is 6.41 Å². The molecular weight excluding hydrogens is 138 g/mol. The lowest BCUT2D eigenvalue weighted by atomic mass is 10.1. The van der Waals surface area contributed by atoms with Gasteiger partial charge < -0.3 is 4.90 Å². The van der Waals surface area contributed by atoms with Gasteiger partial charge >= 0.3 is 0 Å². The molecule has 66 valence electrons. The zero-order valence-electron chi connectivity index (χ0n) is 8.22. The van der Waals surface area contributed by atoms with Crippen molar-refractivity contribution in [3.8, 4) is 0 Å². The second-order valence-electron chi connectivity index (χ2n) is 3.07. The maximum atomic E-state index is 9.43. The SMILES string of the molecule is C=C(C)C(C)C.CN(C)C=O. The van der Waals surface area contributed by atoms with Gasteiger partial charge in [-0.1, -0.05) is 26.0 Å². The van der Waals surface area contributed by atoms with E-state index in [9.17, 15) is 4.79 Å². The zero-order chi connectivity index (χ0) is 9.44. The van der Waals surface area contributed by atoms with E-state index in [1.807, 2.05) is 6.92 Å². The third-order valence-electron chi connectivity index (χ3n) is 1.20. The van der Waals surface area contributed by atoms with Crippen molar-refractivity contribution in [2.24, 2.45) is 5.92 Å². The molecule has 0 bridgehead atoms. The van der Waals surface area contributed by atoms with E-state index in [1.54, 1.807) is 14.1 Å². The molecule has 0 N–H and O–H groups in total. The number of hydrogen-bond donors (Lipinski definition) is 0. The minimum atomic E-state index is 0.657. The van der Waals surface area contributed by atoms with Gasteiger partial charge in [-0.3, -0.25) is 4.79 Å². The van der Waals surface area contributed by atoms with Crippen LogP contribution in [0.1, 0.15) is 20.8 Å². The predicted octanol–water partition coefficient (Wildman–Crippen LogP) is 1.92. The lowest BCUT2D eigenvalue weighted by Crippen LogP contribution is -2.06. The van der Waals surface area contributed by atoms with E-state index in [-0.39, 0.29) is 0 Å². The van der Waals surface area contributed by atoms with Gasteiger partial charge in [0.25, 0.3) is 0 Å². The zero-order valence-corrected chi connectivity index (χ0v) is 8.22. The lowest BCUT2D eigenvalue weighted by molar-refractivity contribution is -0.115. The van der Waals surface area contributed by atoms with Gasteiger partial charge in [0, 0.05) is 14.1 Å². The summed E-state index contributed by atoms with van der Waals surface area (Å²) in [5.74, 6) is 0.657. The molecule has 0 saturated carbocycles. The summed E-state index contributed by atoms with van der Waals surface area (Å²) in [6, 6.07) is 0. The monoisotopic (exact) mass is 157 g/mol. The first-order chi connectivity index (χ1) is 4.91. The van der Waals surface area contributed by atoms with Gasteiger partial charge in [-0.2, -0.15) is 0 Å². The number of carbonyl (C=O) groups excluding carboxylic acids is 1. The van der Waals surface area contributed by atoms with Crippen molar-refractivity contribution < 1.29 is 4.79 Å². The van der Waals surface area contributed by atoms with Crippen LogP contribution in [0.2, 0.25) is 0 Å². The van der Waals surface area contributed by atoms with Crippen LogP contribution in [0.5, 0.6) is 0 Å². The Morgan fingerprint density at radius 2 is 1.64 bits per heavy atom. The molecular formula is C9H19NO. The van der Waals surface area contributed by atoms with Crippen LogP contribution in [0, 0.1) is 5.92 Å². The largest absolute Gasteiger partial charge is 0.351 e. The van der Waals surface area contributed by atoms with E-state index in [0.717, 1.165) is 6.41 Å². The Bertz CT molecular complexity index is 117. The number of rotatable bonds is 2. The molecule has 0 saturated heterocycles. The lowest BCUT2D eigenvalue weighted by Gasteiger charge is -1.97. The Morgan fingerprint density at radius 1 is 1.45 bits per heavy atom. The van der Waals surface area contributed by atoms with Gasteiger partial charge in [0.05, 0.1) is 0 Å². The molecule has 0 aliphatic carbocycles. The minimum absolute atomic E-state index is 0.657. The summed E-state index contributed by atoms with van der Waals surface area (Å²) in [5.41, 5.74) is 1.26. The molecule has 0 fully saturated rings. The average Bonchev–Trinajstić information content (AvgIpc) is 1.89. The van der Waals surface area contributed by atoms with Gasteiger partial charge in [0.1, 0.15) is 0 Å². The van der Waals surface area contributed by atoms with Crippen molar-refractivity contribution in [1.82, 2.24) is 4.90 Å². The van der Waals surface area contributed by atoms with Crippen molar-refractivity contribution in [3.63, 3.8) is 0 Å². The van der Waals surface area contributed by atoms with Crippen LogP contribution in [0.3, 0.4) is 0 Å². The first-order valence-corrected chi connectivity index (χ1v) is 3.69. The third kappa shape index (κ3) is 17.6. The molecule has 0 aromatic heterocycles. The topological polar surface area (TPSA) is 20.3 Å². The van der Waals surface area contributed by atoms with E-state index in [4.69, 9.17) is 0 Å². The number of amides is 1. The van der Waals surface area contributed by atoms with Crippen LogP contribution in [-0.2, 0) is 4.79 Å². The van der Waals surface area contributed by atoms with E-state index in [1.165, 1.54) is 10.5 Å². The van der Waals surface area contributed by atoms with E-state index >= 15 is 0 Å². The highest BCUT2D eigenvalue weighted by atomic mass is 16.1. The molecule has 0 rings (SSSR count). The number of carbonyl (C=O) groups is 1. The van der Waals surface area contributed by atoms with Crippen molar-refractivity contribution in [1.29, 1.82) is 0 Å². The fourth-order valence-electron chi connectivity index (χ4n) is 0. The summed E-state index contributed by atoms with van der Waals surface area (Å²) in [5, 5.41) is 0. The Hall–Kier alpha value is -0.790. The van der Waals surface area contributed by atoms with Crippen LogP contribution in [-0.4, -0.2) is 25.4 Å². The van der Waals surface area contributed by atoms with Crippen molar-refractivity contribution in [3.05, 3.63) is 12.2 Å². The highest BCUT2D eigenvalue weighted by molar-refractivity contribution is 5.45. The predicted molar refractivity (Wildman–Crippen MR) is 49.4 cm³/mol. The molecule has 0 aromatic carbocycles. The Balaban J connectivity index is 0. The molecule has 2 nitrogen and oxygen atoms in total. The molecule has 0 unspecified atom stereocenters. The standard InChI is InChI=1S/C6H12.C3H7NO/c1-5(2)6(3)4;1-4(2)3-5/h6H,1H2,2-4H3;3H,1-2H3. The van der Waals surface area contributed by atoms with E-state index in [2.05, 4.69) is 20.4 Å². The average molecular weight is 157 g/mol. The number of nitrogens with zero attached hydrogens (tertiary/aromatic N) is 1. The van der Waals surface area contributed by atoms with Gasteiger partial charge in [0.15, 0.2) is 0 Å². The first kappa shape index (κ1) is 12.8. The van der Waals surface area contributed by atoms with Gasteiger partial charge in [-0.25, -0.2) is 0 Å².